The number of amides is 3. The third-order valence-electron chi connectivity index (χ3n) is 1.62. The lowest BCUT2D eigenvalue weighted by molar-refractivity contribution is -0.121. The quantitative estimate of drug-likeness (QED) is 0.453. The summed E-state index contributed by atoms with van der Waals surface area (Å²) < 4.78 is 0. The Morgan fingerprint density at radius 3 is 2.73 bits per heavy atom. The summed E-state index contributed by atoms with van der Waals surface area (Å²) in [6.07, 6.45) is 1.75. The van der Waals surface area contributed by atoms with Crippen LogP contribution in [0.3, 0.4) is 0 Å². The molecule has 0 bridgehead atoms. The zero-order valence-corrected chi connectivity index (χ0v) is 6.09. The van der Waals surface area contributed by atoms with Crippen LogP contribution in [-0.4, -0.2) is 24.5 Å². The van der Waals surface area contributed by atoms with Gasteiger partial charge in [0, 0.05) is 0 Å². The van der Waals surface area contributed by atoms with Crippen molar-refractivity contribution in [3.05, 3.63) is 0 Å². The van der Waals surface area contributed by atoms with Crippen LogP contribution in [-0.2, 0) is 4.79 Å². The summed E-state index contributed by atoms with van der Waals surface area (Å²) >= 11 is 0. The van der Waals surface area contributed by atoms with Crippen LogP contribution in [0.25, 0.3) is 0 Å². The van der Waals surface area contributed by atoms with E-state index >= 15 is 0 Å². The summed E-state index contributed by atoms with van der Waals surface area (Å²) in [7, 11) is 0. The highest BCUT2D eigenvalue weighted by atomic mass is 16.2. The number of primary amides is 1. The zero-order valence-electron chi connectivity index (χ0n) is 6.09. The first-order valence-corrected chi connectivity index (χ1v) is 3.54. The minimum atomic E-state index is -0.788. The maximum absolute atomic E-state index is 11.0. The van der Waals surface area contributed by atoms with Crippen LogP contribution in [0.5, 0.6) is 0 Å². The number of hydrogen-bond acceptors (Lipinski definition) is 3. The molecule has 0 spiro atoms. The van der Waals surface area contributed by atoms with E-state index in [1.165, 1.54) is 0 Å². The fraction of sp³-hybridized carbons (Fsp3) is 0.667. The number of carbonyl (C=O) groups excluding carboxylic acids is 2. The summed E-state index contributed by atoms with van der Waals surface area (Å²) in [6.45, 7) is 0.830. The van der Waals surface area contributed by atoms with Gasteiger partial charge in [0.05, 0.1) is 6.04 Å². The number of urea groups is 1. The Morgan fingerprint density at radius 2 is 2.27 bits per heavy atom. The van der Waals surface area contributed by atoms with Crippen molar-refractivity contribution in [2.45, 2.75) is 18.9 Å². The molecule has 62 valence electrons. The van der Waals surface area contributed by atoms with Gasteiger partial charge in [0.1, 0.15) is 0 Å². The minimum absolute atomic E-state index is 0.234. The van der Waals surface area contributed by atoms with Crippen LogP contribution < -0.4 is 16.4 Å². The number of nitrogens with two attached hydrogens (primary N) is 1. The second-order valence-electron chi connectivity index (χ2n) is 2.50. The molecule has 0 aromatic rings. The molecule has 1 atom stereocenters. The standard InChI is InChI=1S/C6H11N3O2/c7-6(11)9-5(10)4-2-1-3-8-4/h4,8H,1-3H2,(H3,7,9,10,11)/t4-/m0/s1. The van der Waals surface area contributed by atoms with Crippen LogP contribution in [0.15, 0.2) is 0 Å². The average molecular weight is 157 g/mol. The van der Waals surface area contributed by atoms with Gasteiger partial charge in [-0.3, -0.25) is 10.1 Å². The summed E-state index contributed by atoms with van der Waals surface area (Å²) in [5, 5.41) is 4.96. The molecule has 3 amide bonds. The molecule has 0 aliphatic carbocycles. The fourth-order valence-electron chi connectivity index (χ4n) is 1.12. The molecule has 0 aromatic heterocycles. The smallest absolute Gasteiger partial charge is 0.318 e. The Bertz CT molecular complexity index is 175. The van der Waals surface area contributed by atoms with Crippen LogP contribution in [0.4, 0.5) is 4.79 Å². The van der Waals surface area contributed by atoms with Crippen molar-refractivity contribution in [3.8, 4) is 0 Å². The molecule has 1 aliphatic heterocycles. The summed E-state index contributed by atoms with van der Waals surface area (Å²) in [4.78, 5) is 21.2. The van der Waals surface area contributed by atoms with Crippen molar-refractivity contribution in [3.63, 3.8) is 0 Å². The van der Waals surface area contributed by atoms with E-state index in [0.717, 1.165) is 19.4 Å². The Balaban J connectivity index is 2.34. The minimum Gasteiger partial charge on any atom is -0.351 e. The molecule has 1 saturated heterocycles. The summed E-state index contributed by atoms with van der Waals surface area (Å²) in [5.74, 6) is -0.324. The molecular formula is C6H11N3O2. The van der Waals surface area contributed by atoms with Crippen LogP contribution in [0.2, 0.25) is 0 Å². The van der Waals surface area contributed by atoms with Gasteiger partial charge in [-0.05, 0) is 19.4 Å². The molecule has 1 rings (SSSR count). The van der Waals surface area contributed by atoms with Gasteiger partial charge in [-0.25, -0.2) is 4.79 Å². The third-order valence-corrected chi connectivity index (χ3v) is 1.62. The topological polar surface area (TPSA) is 84.2 Å². The van der Waals surface area contributed by atoms with E-state index in [1.807, 2.05) is 5.32 Å². The highest BCUT2D eigenvalue weighted by Gasteiger charge is 2.22. The summed E-state index contributed by atoms with van der Waals surface area (Å²) in [6, 6.07) is -1.02. The maximum Gasteiger partial charge on any atom is 0.318 e. The van der Waals surface area contributed by atoms with E-state index in [-0.39, 0.29) is 11.9 Å². The van der Waals surface area contributed by atoms with Crippen molar-refractivity contribution >= 4 is 11.9 Å². The van der Waals surface area contributed by atoms with Gasteiger partial charge in [-0.15, -0.1) is 0 Å². The van der Waals surface area contributed by atoms with E-state index < -0.39 is 6.03 Å². The second-order valence-corrected chi connectivity index (χ2v) is 2.50. The van der Waals surface area contributed by atoms with E-state index in [9.17, 15) is 9.59 Å². The van der Waals surface area contributed by atoms with E-state index in [2.05, 4.69) is 5.32 Å². The van der Waals surface area contributed by atoms with Gasteiger partial charge in [-0.1, -0.05) is 0 Å². The third kappa shape index (κ3) is 2.19. The fourth-order valence-corrected chi connectivity index (χ4v) is 1.12. The zero-order chi connectivity index (χ0) is 8.27. The normalized spacial score (nSPS) is 23.1. The van der Waals surface area contributed by atoms with Crippen molar-refractivity contribution in [2.75, 3.05) is 6.54 Å². The molecule has 5 nitrogen and oxygen atoms in total. The number of carbonyl (C=O) groups is 2. The van der Waals surface area contributed by atoms with Crippen molar-refractivity contribution in [1.82, 2.24) is 10.6 Å². The van der Waals surface area contributed by atoms with E-state index in [4.69, 9.17) is 5.73 Å². The van der Waals surface area contributed by atoms with Crippen LogP contribution in [0, 0.1) is 0 Å². The van der Waals surface area contributed by atoms with Crippen molar-refractivity contribution in [2.24, 2.45) is 5.73 Å². The molecule has 0 aromatic carbocycles. The number of imide groups is 1. The van der Waals surface area contributed by atoms with Crippen molar-refractivity contribution < 1.29 is 9.59 Å². The van der Waals surface area contributed by atoms with Gasteiger partial charge < -0.3 is 11.1 Å². The van der Waals surface area contributed by atoms with Gasteiger partial charge in [-0.2, -0.15) is 0 Å². The lowest BCUT2D eigenvalue weighted by Crippen LogP contribution is -2.45. The largest absolute Gasteiger partial charge is 0.351 e. The Hall–Kier alpha value is -1.10. The number of rotatable bonds is 1. The molecule has 11 heavy (non-hydrogen) atoms. The molecule has 5 heteroatoms. The van der Waals surface area contributed by atoms with Gasteiger partial charge in [0.15, 0.2) is 0 Å². The molecular weight excluding hydrogens is 146 g/mol. The average Bonchev–Trinajstić information content (AvgIpc) is 2.35. The molecule has 0 saturated carbocycles. The van der Waals surface area contributed by atoms with Gasteiger partial charge in [0.2, 0.25) is 5.91 Å². The van der Waals surface area contributed by atoms with Crippen LogP contribution in [0.1, 0.15) is 12.8 Å². The first kappa shape index (κ1) is 8.00. The first-order chi connectivity index (χ1) is 5.20. The molecule has 0 radical (unpaired) electrons. The molecule has 1 aliphatic rings. The lowest BCUT2D eigenvalue weighted by atomic mass is 10.2. The number of nitrogens with one attached hydrogen (secondary N) is 2. The molecule has 0 unspecified atom stereocenters. The molecule has 1 fully saturated rings. The SMILES string of the molecule is NC(=O)NC(=O)[C@@H]1CCCN1. The molecule has 1 heterocycles. The van der Waals surface area contributed by atoms with Crippen molar-refractivity contribution in [1.29, 1.82) is 0 Å². The highest BCUT2D eigenvalue weighted by molar-refractivity contribution is 5.96. The highest BCUT2D eigenvalue weighted by Crippen LogP contribution is 2.03. The lowest BCUT2D eigenvalue weighted by Gasteiger charge is -2.07. The second kappa shape index (κ2) is 3.34. The Morgan fingerprint density at radius 1 is 1.55 bits per heavy atom. The monoisotopic (exact) mass is 157 g/mol. The predicted molar refractivity (Wildman–Crippen MR) is 38.8 cm³/mol. The molecule has 4 N–H and O–H groups in total. The van der Waals surface area contributed by atoms with Crippen LogP contribution >= 0.6 is 0 Å². The maximum atomic E-state index is 11.0. The Kier molecular flexibility index (Phi) is 2.43. The summed E-state index contributed by atoms with van der Waals surface area (Å²) in [5.41, 5.74) is 4.76. The van der Waals surface area contributed by atoms with Gasteiger partial charge in [0.25, 0.3) is 0 Å². The van der Waals surface area contributed by atoms with E-state index in [0.29, 0.717) is 0 Å². The first-order valence-electron chi connectivity index (χ1n) is 3.54. The Labute approximate surface area is 64.3 Å². The van der Waals surface area contributed by atoms with Gasteiger partial charge >= 0.3 is 6.03 Å². The predicted octanol–water partition coefficient (Wildman–Crippen LogP) is -1.07. The number of hydrogen-bond donors (Lipinski definition) is 3. The van der Waals surface area contributed by atoms with E-state index in [1.54, 1.807) is 0 Å².